The van der Waals surface area contributed by atoms with Crippen molar-refractivity contribution in [2.75, 3.05) is 11.1 Å². The Labute approximate surface area is 124 Å². The maximum absolute atomic E-state index is 11.8. The number of anilines is 1. The van der Waals surface area contributed by atoms with Crippen molar-refractivity contribution < 1.29 is 4.79 Å². The first-order chi connectivity index (χ1) is 9.74. The van der Waals surface area contributed by atoms with Gasteiger partial charge >= 0.3 is 0 Å². The summed E-state index contributed by atoms with van der Waals surface area (Å²) in [4.78, 5) is 20.3. The summed E-state index contributed by atoms with van der Waals surface area (Å²) in [7, 11) is 1.95. The van der Waals surface area contributed by atoms with Gasteiger partial charge in [-0.25, -0.2) is 9.97 Å². The normalized spacial score (nSPS) is 10.8. The average molecular weight is 304 g/mol. The van der Waals surface area contributed by atoms with Crippen LogP contribution in [0, 0.1) is 0 Å². The molecule has 3 aromatic rings. The number of fused-ring (bicyclic) bond motifs is 1. The Morgan fingerprint density at radius 3 is 3.05 bits per heavy atom. The number of carbonyl (C=O) groups is 1. The highest BCUT2D eigenvalue weighted by Crippen LogP contribution is 2.22. The largest absolute Gasteiger partial charge is 0.322 e. The quantitative estimate of drug-likeness (QED) is 0.753. The minimum Gasteiger partial charge on any atom is -0.322 e. The van der Waals surface area contributed by atoms with E-state index in [0.29, 0.717) is 10.9 Å². The van der Waals surface area contributed by atoms with Crippen LogP contribution in [-0.4, -0.2) is 26.2 Å². The molecule has 102 valence electrons. The van der Waals surface area contributed by atoms with Gasteiger partial charge in [0.15, 0.2) is 10.3 Å². The molecule has 20 heavy (non-hydrogen) atoms. The molecular formula is C13H12N4OS2. The second kappa shape index (κ2) is 5.64. The van der Waals surface area contributed by atoms with Gasteiger partial charge < -0.3 is 9.88 Å². The number of amides is 1. The Morgan fingerprint density at radius 1 is 1.45 bits per heavy atom. The molecule has 0 aliphatic rings. The van der Waals surface area contributed by atoms with Crippen LogP contribution in [0.5, 0.6) is 0 Å². The van der Waals surface area contributed by atoms with Crippen molar-refractivity contribution in [2.45, 2.75) is 5.16 Å². The summed E-state index contributed by atoms with van der Waals surface area (Å²) in [5.41, 5.74) is 2.01. The molecule has 0 unspecified atom stereocenters. The zero-order chi connectivity index (χ0) is 13.9. The summed E-state index contributed by atoms with van der Waals surface area (Å²) in [6, 6.07) is 7.92. The van der Waals surface area contributed by atoms with Gasteiger partial charge in [-0.1, -0.05) is 23.9 Å². The van der Waals surface area contributed by atoms with Crippen LogP contribution in [0.15, 0.2) is 41.0 Å². The van der Waals surface area contributed by atoms with Gasteiger partial charge in [-0.15, -0.1) is 11.3 Å². The maximum atomic E-state index is 11.8. The lowest BCUT2D eigenvalue weighted by atomic mass is 10.3. The van der Waals surface area contributed by atoms with E-state index in [1.807, 2.05) is 41.3 Å². The third kappa shape index (κ3) is 2.68. The van der Waals surface area contributed by atoms with Crippen molar-refractivity contribution in [1.82, 2.24) is 14.5 Å². The van der Waals surface area contributed by atoms with E-state index in [1.165, 1.54) is 23.1 Å². The third-order valence-corrected chi connectivity index (χ3v) is 4.48. The second-order valence-electron chi connectivity index (χ2n) is 4.12. The van der Waals surface area contributed by atoms with Crippen LogP contribution < -0.4 is 5.32 Å². The van der Waals surface area contributed by atoms with E-state index < -0.39 is 0 Å². The lowest BCUT2D eigenvalue weighted by molar-refractivity contribution is -0.113. The van der Waals surface area contributed by atoms with Gasteiger partial charge in [0.25, 0.3) is 0 Å². The van der Waals surface area contributed by atoms with E-state index in [0.717, 1.165) is 16.2 Å². The molecule has 0 fully saturated rings. The van der Waals surface area contributed by atoms with Crippen molar-refractivity contribution in [3.05, 3.63) is 35.8 Å². The summed E-state index contributed by atoms with van der Waals surface area (Å²) < 4.78 is 2.00. The smallest absolute Gasteiger partial charge is 0.236 e. The van der Waals surface area contributed by atoms with E-state index in [1.54, 1.807) is 6.20 Å². The molecule has 0 atom stereocenters. The van der Waals surface area contributed by atoms with Crippen LogP contribution in [0.2, 0.25) is 0 Å². The summed E-state index contributed by atoms with van der Waals surface area (Å²) in [5, 5.41) is 6.04. The molecule has 0 spiro atoms. The molecule has 3 rings (SSSR count). The standard InChI is InChI=1S/C13H12N4OS2/c1-17-10-5-3-2-4-9(10)15-13(17)20-8-11(18)16-12-14-6-7-19-12/h2-7H,8H2,1H3,(H,14,16,18). The number of benzene rings is 1. The van der Waals surface area contributed by atoms with Gasteiger partial charge in [0, 0.05) is 18.6 Å². The zero-order valence-electron chi connectivity index (χ0n) is 10.7. The van der Waals surface area contributed by atoms with Crippen LogP contribution in [0.25, 0.3) is 11.0 Å². The molecule has 1 N–H and O–H groups in total. The molecule has 0 saturated heterocycles. The molecular weight excluding hydrogens is 292 g/mol. The van der Waals surface area contributed by atoms with Crippen LogP contribution in [0.1, 0.15) is 0 Å². The number of aromatic nitrogens is 3. The van der Waals surface area contributed by atoms with E-state index in [4.69, 9.17) is 0 Å². The molecule has 1 amide bonds. The van der Waals surface area contributed by atoms with E-state index in [2.05, 4.69) is 15.3 Å². The number of aryl methyl sites for hydroxylation is 1. The minimum atomic E-state index is -0.0722. The number of thioether (sulfide) groups is 1. The number of rotatable bonds is 4. The predicted molar refractivity (Wildman–Crippen MR) is 82.2 cm³/mol. The number of hydrogen-bond acceptors (Lipinski definition) is 5. The molecule has 0 aliphatic carbocycles. The first-order valence-electron chi connectivity index (χ1n) is 5.97. The lowest BCUT2D eigenvalue weighted by Gasteiger charge is -2.02. The predicted octanol–water partition coefficient (Wildman–Crippen LogP) is 2.76. The van der Waals surface area contributed by atoms with Gasteiger partial charge in [0.05, 0.1) is 16.8 Å². The van der Waals surface area contributed by atoms with Crippen molar-refractivity contribution in [3.63, 3.8) is 0 Å². The van der Waals surface area contributed by atoms with Crippen LogP contribution in [0.4, 0.5) is 5.13 Å². The van der Waals surface area contributed by atoms with Crippen molar-refractivity contribution in [2.24, 2.45) is 7.05 Å². The monoisotopic (exact) mass is 304 g/mol. The summed E-state index contributed by atoms with van der Waals surface area (Å²) in [5.74, 6) is 0.244. The average Bonchev–Trinajstić information content (AvgIpc) is 3.06. The minimum absolute atomic E-state index is 0.0722. The topological polar surface area (TPSA) is 59.8 Å². The van der Waals surface area contributed by atoms with Gasteiger partial charge in [0.1, 0.15) is 0 Å². The number of imidazole rings is 1. The van der Waals surface area contributed by atoms with Crippen LogP contribution in [0.3, 0.4) is 0 Å². The van der Waals surface area contributed by atoms with Crippen LogP contribution in [-0.2, 0) is 11.8 Å². The summed E-state index contributed by atoms with van der Waals surface area (Å²) in [6.07, 6.45) is 1.67. The molecule has 5 nitrogen and oxygen atoms in total. The van der Waals surface area contributed by atoms with E-state index in [-0.39, 0.29) is 5.91 Å². The Morgan fingerprint density at radius 2 is 2.30 bits per heavy atom. The first-order valence-corrected chi connectivity index (χ1v) is 7.84. The Hall–Kier alpha value is -1.86. The Balaban J connectivity index is 1.68. The number of carbonyl (C=O) groups excluding carboxylic acids is 1. The molecule has 0 saturated carbocycles. The third-order valence-electron chi connectivity index (χ3n) is 2.76. The first kappa shape index (κ1) is 13.1. The molecule has 1 aromatic carbocycles. The van der Waals surface area contributed by atoms with Crippen LogP contribution >= 0.6 is 23.1 Å². The maximum Gasteiger partial charge on any atom is 0.236 e. The SMILES string of the molecule is Cn1c(SCC(=O)Nc2nccs2)nc2ccccc21. The molecule has 0 aliphatic heterocycles. The molecule has 7 heteroatoms. The zero-order valence-corrected chi connectivity index (χ0v) is 12.4. The molecule has 2 aromatic heterocycles. The fraction of sp³-hybridized carbons (Fsp3) is 0.154. The highest BCUT2D eigenvalue weighted by molar-refractivity contribution is 7.99. The summed E-state index contributed by atoms with van der Waals surface area (Å²) in [6.45, 7) is 0. The number of hydrogen-bond donors (Lipinski definition) is 1. The number of nitrogens with one attached hydrogen (secondary N) is 1. The second-order valence-corrected chi connectivity index (χ2v) is 5.95. The lowest BCUT2D eigenvalue weighted by Crippen LogP contribution is -2.14. The van der Waals surface area contributed by atoms with E-state index in [9.17, 15) is 4.79 Å². The Bertz CT molecular complexity index is 736. The van der Waals surface area contributed by atoms with Crippen molar-refractivity contribution >= 4 is 45.2 Å². The summed E-state index contributed by atoms with van der Waals surface area (Å²) >= 11 is 2.83. The van der Waals surface area contributed by atoms with Gasteiger partial charge in [-0.2, -0.15) is 0 Å². The number of nitrogens with zero attached hydrogens (tertiary/aromatic N) is 3. The van der Waals surface area contributed by atoms with Crippen molar-refractivity contribution in [3.8, 4) is 0 Å². The van der Waals surface area contributed by atoms with E-state index >= 15 is 0 Å². The van der Waals surface area contributed by atoms with Gasteiger partial charge in [-0.3, -0.25) is 4.79 Å². The fourth-order valence-corrected chi connectivity index (χ4v) is 3.16. The fourth-order valence-electron chi connectivity index (χ4n) is 1.82. The Kier molecular flexibility index (Phi) is 3.70. The molecule has 0 radical (unpaired) electrons. The number of para-hydroxylation sites is 2. The van der Waals surface area contributed by atoms with Gasteiger partial charge in [-0.05, 0) is 12.1 Å². The molecule has 0 bridgehead atoms. The number of thiazole rings is 1. The van der Waals surface area contributed by atoms with Crippen molar-refractivity contribution in [1.29, 1.82) is 0 Å². The molecule has 2 heterocycles. The highest BCUT2D eigenvalue weighted by atomic mass is 32.2. The highest BCUT2D eigenvalue weighted by Gasteiger charge is 2.10. The van der Waals surface area contributed by atoms with Gasteiger partial charge in [0.2, 0.25) is 5.91 Å².